The molecule has 0 saturated heterocycles. The Bertz CT molecular complexity index is 4290. The quantitative estimate of drug-likeness (QED) is 0.137. The Morgan fingerprint density at radius 1 is 0.324 bits per heavy atom. The molecular formula is C68H48N6. The van der Waals surface area contributed by atoms with E-state index in [1.165, 1.54) is 49.3 Å². The zero-order valence-electron chi connectivity index (χ0n) is 40.5. The summed E-state index contributed by atoms with van der Waals surface area (Å²) in [6.07, 6.45) is 9.02. The van der Waals surface area contributed by atoms with Crippen molar-refractivity contribution in [1.82, 2.24) is 19.1 Å². The zero-order chi connectivity index (χ0) is 49.0. The SMILES string of the molecule is C1=CC(n2c3ccccc3c3cc(N(c4ccccc4)c4ccc(-c5nc6ccccc6nc5-c5ccc(N(c6ccccc6)c6ccc7c(c6)c6ccccc6n7-c6ccccc6)cc5)cc4)ccc32)=CCC1. The van der Waals surface area contributed by atoms with Gasteiger partial charge in [0.1, 0.15) is 0 Å². The van der Waals surface area contributed by atoms with Crippen molar-refractivity contribution in [2.45, 2.75) is 12.8 Å². The second-order valence-electron chi connectivity index (χ2n) is 18.9. The van der Waals surface area contributed by atoms with Crippen LogP contribution in [0.1, 0.15) is 12.8 Å². The highest BCUT2D eigenvalue weighted by molar-refractivity contribution is 6.12. The molecule has 0 spiro atoms. The van der Waals surface area contributed by atoms with Crippen molar-refractivity contribution in [3.63, 3.8) is 0 Å². The van der Waals surface area contributed by atoms with Gasteiger partial charge in [0.15, 0.2) is 0 Å². The molecule has 350 valence electrons. The van der Waals surface area contributed by atoms with Crippen LogP contribution in [-0.2, 0) is 0 Å². The lowest BCUT2D eigenvalue weighted by Crippen LogP contribution is -2.10. The predicted octanol–water partition coefficient (Wildman–Crippen LogP) is 18.3. The summed E-state index contributed by atoms with van der Waals surface area (Å²) in [5.74, 6) is 0. The maximum Gasteiger partial charge on any atom is 0.0973 e. The van der Waals surface area contributed by atoms with Gasteiger partial charge in [-0.15, -0.1) is 0 Å². The third-order valence-electron chi connectivity index (χ3n) is 14.5. The van der Waals surface area contributed by atoms with Gasteiger partial charge in [-0.1, -0.05) is 140 Å². The second-order valence-corrected chi connectivity index (χ2v) is 18.9. The van der Waals surface area contributed by atoms with E-state index in [-0.39, 0.29) is 0 Å². The lowest BCUT2D eigenvalue weighted by Gasteiger charge is -2.26. The van der Waals surface area contributed by atoms with Crippen molar-refractivity contribution in [3.05, 3.63) is 267 Å². The fraction of sp³-hybridized carbons (Fsp3) is 0.0294. The number of nitrogens with zero attached hydrogens (tertiary/aromatic N) is 6. The first-order chi connectivity index (χ1) is 36.7. The Morgan fingerprint density at radius 3 is 1.23 bits per heavy atom. The molecule has 13 aromatic rings. The number of allylic oxidation sites excluding steroid dienone is 4. The largest absolute Gasteiger partial charge is 0.310 e. The molecule has 0 N–H and O–H groups in total. The van der Waals surface area contributed by atoms with Crippen LogP contribution in [-0.4, -0.2) is 19.1 Å². The number of benzene rings is 10. The number of rotatable bonds is 10. The summed E-state index contributed by atoms with van der Waals surface area (Å²) < 4.78 is 4.77. The monoisotopic (exact) mass is 948 g/mol. The maximum absolute atomic E-state index is 5.35. The van der Waals surface area contributed by atoms with Crippen molar-refractivity contribution >= 4 is 94.5 Å². The van der Waals surface area contributed by atoms with Crippen LogP contribution >= 0.6 is 0 Å². The van der Waals surface area contributed by atoms with E-state index in [9.17, 15) is 0 Å². The van der Waals surface area contributed by atoms with Crippen molar-refractivity contribution in [2.24, 2.45) is 0 Å². The molecule has 3 heterocycles. The summed E-state index contributed by atoms with van der Waals surface area (Å²) in [7, 11) is 0. The normalized spacial score (nSPS) is 12.5. The fourth-order valence-corrected chi connectivity index (χ4v) is 11.1. The third-order valence-corrected chi connectivity index (χ3v) is 14.5. The first-order valence-corrected chi connectivity index (χ1v) is 25.4. The Hall–Kier alpha value is -9.78. The average molecular weight is 949 g/mol. The molecule has 0 unspecified atom stereocenters. The van der Waals surface area contributed by atoms with Gasteiger partial charge >= 0.3 is 0 Å². The van der Waals surface area contributed by atoms with Crippen LogP contribution in [0.4, 0.5) is 34.1 Å². The van der Waals surface area contributed by atoms with Crippen LogP contribution < -0.4 is 9.80 Å². The lowest BCUT2D eigenvalue weighted by molar-refractivity contribution is 1.02. The molecule has 14 rings (SSSR count). The predicted molar refractivity (Wildman–Crippen MR) is 310 cm³/mol. The van der Waals surface area contributed by atoms with Gasteiger partial charge in [-0.2, -0.15) is 0 Å². The molecular weight excluding hydrogens is 901 g/mol. The molecule has 0 bridgehead atoms. The minimum absolute atomic E-state index is 0.828. The van der Waals surface area contributed by atoms with E-state index in [4.69, 9.17) is 9.97 Å². The number of aromatic nitrogens is 4. The average Bonchev–Trinajstić information content (AvgIpc) is 3.99. The summed E-state index contributed by atoms with van der Waals surface area (Å²) >= 11 is 0. The number of fused-ring (bicyclic) bond motifs is 7. The van der Waals surface area contributed by atoms with Crippen molar-refractivity contribution < 1.29 is 0 Å². The molecule has 10 aromatic carbocycles. The molecule has 0 atom stereocenters. The Kier molecular flexibility index (Phi) is 10.5. The molecule has 6 nitrogen and oxygen atoms in total. The second kappa shape index (κ2) is 18.1. The summed E-state index contributed by atoms with van der Waals surface area (Å²) in [6.45, 7) is 0. The summed E-state index contributed by atoms with van der Waals surface area (Å²) in [4.78, 5) is 15.4. The molecule has 0 radical (unpaired) electrons. The Morgan fingerprint density at radius 2 is 0.730 bits per heavy atom. The minimum Gasteiger partial charge on any atom is -0.310 e. The summed E-state index contributed by atoms with van der Waals surface area (Å²) in [6, 6.07) is 88.8. The Balaban J connectivity index is 0.851. The first-order valence-electron chi connectivity index (χ1n) is 25.4. The van der Waals surface area contributed by atoms with Gasteiger partial charge in [0.2, 0.25) is 0 Å². The fourth-order valence-electron chi connectivity index (χ4n) is 11.1. The molecule has 6 heteroatoms. The molecule has 3 aromatic heterocycles. The number of hydrogen-bond donors (Lipinski definition) is 0. The van der Waals surface area contributed by atoms with Gasteiger partial charge in [0.25, 0.3) is 0 Å². The molecule has 0 fully saturated rings. The molecule has 74 heavy (non-hydrogen) atoms. The molecule has 0 saturated carbocycles. The lowest BCUT2D eigenvalue weighted by atomic mass is 10.0. The van der Waals surface area contributed by atoms with Crippen LogP contribution in [0.2, 0.25) is 0 Å². The van der Waals surface area contributed by atoms with E-state index in [1.807, 2.05) is 24.3 Å². The van der Waals surface area contributed by atoms with Gasteiger partial charge in [-0.3, -0.25) is 0 Å². The standard InChI is InChI=1S/C68H48N6/c1-5-19-49(20-6-1)71(55-41-43-65-59(45-55)57-27-13-17-31-63(57)73(65)51-23-9-3-10-24-51)53-37-33-47(34-38-53)67-68(70-62-30-16-15-29-61(62)69-67)48-35-39-54(40-36-48)72(50-21-7-2-8-22-50)56-42-44-66-60(46-56)58-28-14-18-32-64(58)74(66)52-25-11-4-12-26-52/h1-3,5-11,13-46H,4,12H2. The summed E-state index contributed by atoms with van der Waals surface area (Å²) in [5, 5.41) is 4.87. The van der Waals surface area contributed by atoms with Gasteiger partial charge in [-0.05, 0) is 140 Å². The van der Waals surface area contributed by atoms with Crippen molar-refractivity contribution in [2.75, 3.05) is 9.80 Å². The van der Waals surface area contributed by atoms with E-state index in [0.717, 1.165) is 86.2 Å². The van der Waals surface area contributed by atoms with Gasteiger partial charge < -0.3 is 18.9 Å². The van der Waals surface area contributed by atoms with Gasteiger partial charge in [0, 0.05) is 78.2 Å². The van der Waals surface area contributed by atoms with Gasteiger partial charge in [-0.25, -0.2) is 9.97 Å². The topological polar surface area (TPSA) is 42.1 Å². The first kappa shape index (κ1) is 43.0. The zero-order valence-corrected chi connectivity index (χ0v) is 40.5. The highest BCUT2D eigenvalue weighted by Crippen LogP contribution is 2.43. The van der Waals surface area contributed by atoms with E-state index in [2.05, 4.69) is 262 Å². The van der Waals surface area contributed by atoms with E-state index in [0.29, 0.717) is 0 Å². The summed E-state index contributed by atoms with van der Waals surface area (Å²) in [5.41, 5.74) is 18.9. The number of hydrogen-bond acceptors (Lipinski definition) is 4. The van der Waals surface area contributed by atoms with Crippen molar-refractivity contribution in [3.8, 4) is 28.2 Å². The van der Waals surface area contributed by atoms with E-state index >= 15 is 0 Å². The maximum atomic E-state index is 5.35. The minimum atomic E-state index is 0.828. The smallest absolute Gasteiger partial charge is 0.0973 e. The highest BCUT2D eigenvalue weighted by atomic mass is 15.1. The van der Waals surface area contributed by atoms with E-state index in [1.54, 1.807) is 0 Å². The van der Waals surface area contributed by atoms with Crippen molar-refractivity contribution in [1.29, 1.82) is 0 Å². The molecule has 1 aliphatic rings. The highest BCUT2D eigenvalue weighted by Gasteiger charge is 2.22. The van der Waals surface area contributed by atoms with Crippen LogP contribution in [0.15, 0.2) is 267 Å². The molecule has 1 aliphatic carbocycles. The van der Waals surface area contributed by atoms with Crippen LogP contribution in [0, 0.1) is 0 Å². The number of anilines is 6. The third kappa shape index (κ3) is 7.42. The van der Waals surface area contributed by atoms with Crippen LogP contribution in [0.25, 0.3) is 88.5 Å². The molecule has 0 amide bonds. The van der Waals surface area contributed by atoms with Crippen LogP contribution in [0.3, 0.4) is 0 Å². The van der Waals surface area contributed by atoms with E-state index < -0.39 is 0 Å². The Labute approximate surface area is 429 Å². The van der Waals surface area contributed by atoms with Gasteiger partial charge in [0.05, 0.1) is 44.5 Å². The number of para-hydroxylation sites is 7. The van der Waals surface area contributed by atoms with Crippen LogP contribution in [0.5, 0.6) is 0 Å². The molecule has 0 aliphatic heterocycles.